The van der Waals surface area contributed by atoms with Gasteiger partial charge in [0.05, 0.1) is 16.8 Å². The predicted molar refractivity (Wildman–Crippen MR) is 111 cm³/mol. The van der Waals surface area contributed by atoms with Gasteiger partial charge in [0.1, 0.15) is 11.5 Å². The molecular weight excluding hydrogens is 356 g/mol. The first-order valence-electron chi connectivity index (χ1n) is 9.76. The lowest BCUT2D eigenvalue weighted by Crippen LogP contribution is -2.13. The van der Waals surface area contributed by atoms with E-state index in [0.717, 1.165) is 53.6 Å². The van der Waals surface area contributed by atoms with E-state index in [2.05, 4.69) is 11.1 Å². The van der Waals surface area contributed by atoms with Gasteiger partial charge in [-0.2, -0.15) is 0 Å². The average molecular weight is 383 g/mol. The fourth-order valence-electron chi connectivity index (χ4n) is 3.38. The molecule has 0 bridgehead atoms. The number of nitrogens with zero attached hydrogens (tertiary/aromatic N) is 1. The summed E-state index contributed by atoms with van der Waals surface area (Å²) in [4.78, 5) is 4.50. The molecule has 3 aromatic rings. The van der Waals surface area contributed by atoms with Crippen LogP contribution in [0.15, 0.2) is 48.5 Å². The number of para-hydroxylation sites is 1. The van der Waals surface area contributed by atoms with Crippen LogP contribution in [0.2, 0.25) is 0 Å². The molecule has 0 radical (unpaired) electrons. The standard InChI is InChI=1S/C22H26N2O2S/c23-13-11-17(15-16-5-6-16)12-14-25-18-7-9-19(10-8-18)26-22-24-20-3-1-2-4-21(20)27-22/h1-4,7-10,16-17H,5-6,11-15,23H2. The third kappa shape index (κ3) is 5.21. The zero-order valence-electron chi connectivity index (χ0n) is 15.5. The smallest absolute Gasteiger partial charge is 0.279 e. The molecule has 1 aliphatic carbocycles. The molecule has 1 saturated carbocycles. The number of aromatic nitrogens is 1. The van der Waals surface area contributed by atoms with Crippen LogP contribution in [-0.4, -0.2) is 18.1 Å². The summed E-state index contributed by atoms with van der Waals surface area (Å²) in [6.45, 7) is 1.52. The minimum absolute atomic E-state index is 0.662. The number of benzene rings is 2. The summed E-state index contributed by atoms with van der Waals surface area (Å²) < 4.78 is 12.9. The average Bonchev–Trinajstić information content (AvgIpc) is 3.40. The van der Waals surface area contributed by atoms with Crippen molar-refractivity contribution in [3.8, 4) is 16.7 Å². The molecule has 0 spiro atoms. The van der Waals surface area contributed by atoms with Gasteiger partial charge in [-0.15, -0.1) is 0 Å². The van der Waals surface area contributed by atoms with Crippen molar-refractivity contribution in [1.29, 1.82) is 0 Å². The highest BCUT2D eigenvalue weighted by molar-refractivity contribution is 7.20. The first kappa shape index (κ1) is 18.3. The number of hydrogen-bond acceptors (Lipinski definition) is 5. The highest BCUT2D eigenvalue weighted by Gasteiger charge is 2.25. The van der Waals surface area contributed by atoms with Gasteiger partial charge in [0.15, 0.2) is 0 Å². The van der Waals surface area contributed by atoms with E-state index in [9.17, 15) is 0 Å². The van der Waals surface area contributed by atoms with E-state index in [0.29, 0.717) is 11.1 Å². The Morgan fingerprint density at radius 3 is 2.56 bits per heavy atom. The van der Waals surface area contributed by atoms with Crippen LogP contribution in [0, 0.1) is 11.8 Å². The molecule has 1 unspecified atom stereocenters. The zero-order valence-corrected chi connectivity index (χ0v) is 16.3. The van der Waals surface area contributed by atoms with Crippen LogP contribution in [-0.2, 0) is 0 Å². The number of nitrogens with two attached hydrogens (primary N) is 1. The minimum atomic E-state index is 0.662. The van der Waals surface area contributed by atoms with E-state index in [1.54, 1.807) is 11.3 Å². The normalized spacial score (nSPS) is 15.0. The number of ether oxygens (including phenoxy) is 2. The number of hydrogen-bond donors (Lipinski definition) is 1. The van der Waals surface area contributed by atoms with Crippen molar-refractivity contribution in [3.63, 3.8) is 0 Å². The van der Waals surface area contributed by atoms with Gasteiger partial charge in [-0.05, 0) is 74.0 Å². The molecule has 1 aromatic heterocycles. The van der Waals surface area contributed by atoms with Crippen LogP contribution in [0.3, 0.4) is 0 Å². The summed E-state index contributed by atoms with van der Waals surface area (Å²) in [5, 5.41) is 0.662. The number of rotatable bonds is 10. The van der Waals surface area contributed by atoms with E-state index in [1.165, 1.54) is 19.3 Å². The Morgan fingerprint density at radius 1 is 1.04 bits per heavy atom. The Labute approximate surface area is 164 Å². The molecule has 2 N–H and O–H groups in total. The van der Waals surface area contributed by atoms with Crippen molar-refractivity contribution >= 4 is 21.6 Å². The monoisotopic (exact) mass is 382 g/mol. The van der Waals surface area contributed by atoms with Crippen LogP contribution in [0.1, 0.15) is 32.1 Å². The SMILES string of the molecule is NCCC(CCOc1ccc(Oc2nc3ccccc3s2)cc1)CC1CC1. The molecule has 27 heavy (non-hydrogen) atoms. The van der Waals surface area contributed by atoms with Crippen molar-refractivity contribution in [1.82, 2.24) is 4.98 Å². The largest absolute Gasteiger partial charge is 0.494 e. The zero-order chi connectivity index (χ0) is 18.5. The second-order valence-corrected chi connectivity index (χ2v) is 8.27. The molecule has 0 aliphatic heterocycles. The van der Waals surface area contributed by atoms with E-state index in [1.807, 2.05) is 42.5 Å². The number of thiazole rings is 1. The molecule has 1 heterocycles. The summed E-state index contributed by atoms with van der Waals surface area (Å²) in [7, 11) is 0. The Balaban J connectivity index is 1.27. The second kappa shape index (κ2) is 8.72. The molecule has 0 amide bonds. The summed E-state index contributed by atoms with van der Waals surface area (Å²) in [5.41, 5.74) is 6.72. The maximum absolute atomic E-state index is 5.93. The van der Waals surface area contributed by atoms with E-state index < -0.39 is 0 Å². The first-order chi connectivity index (χ1) is 13.3. The third-order valence-electron chi connectivity index (χ3n) is 5.04. The summed E-state index contributed by atoms with van der Waals surface area (Å²) in [6, 6.07) is 15.8. The predicted octanol–water partition coefficient (Wildman–Crippen LogP) is 5.62. The quantitative estimate of drug-likeness (QED) is 0.494. The van der Waals surface area contributed by atoms with Crippen LogP contribution in [0.5, 0.6) is 16.7 Å². The highest BCUT2D eigenvalue weighted by atomic mass is 32.1. The van der Waals surface area contributed by atoms with Gasteiger partial charge < -0.3 is 15.2 Å². The van der Waals surface area contributed by atoms with Gasteiger partial charge in [0.2, 0.25) is 0 Å². The van der Waals surface area contributed by atoms with Gasteiger partial charge in [-0.3, -0.25) is 0 Å². The van der Waals surface area contributed by atoms with Gasteiger partial charge >= 0.3 is 0 Å². The Kier molecular flexibility index (Phi) is 5.90. The molecule has 5 heteroatoms. The lowest BCUT2D eigenvalue weighted by Gasteiger charge is -2.16. The molecule has 142 valence electrons. The molecule has 4 rings (SSSR count). The molecule has 4 nitrogen and oxygen atoms in total. The van der Waals surface area contributed by atoms with Crippen molar-refractivity contribution in [2.45, 2.75) is 32.1 Å². The van der Waals surface area contributed by atoms with Crippen molar-refractivity contribution < 1.29 is 9.47 Å². The summed E-state index contributed by atoms with van der Waals surface area (Å²) >= 11 is 1.55. The van der Waals surface area contributed by atoms with Crippen LogP contribution < -0.4 is 15.2 Å². The maximum Gasteiger partial charge on any atom is 0.279 e. The summed E-state index contributed by atoms with van der Waals surface area (Å²) in [6.07, 6.45) is 6.30. The fraction of sp³-hybridized carbons (Fsp3) is 0.409. The van der Waals surface area contributed by atoms with Crippen LogP contribution >= 0.6 is 11.3 Å². The van der Waals surface area contributed by atoms with Gasteiger partial charge in [0, 0.05) is 0 Å². The Bertz CT molecular complexity index is 825. The van der Waals surface area contributed by atoms with E-state index in [4.69, 9.17) is 15.2 Å². The van der Waals surface area contributed by atoms with Crippen LogP contribution in [0.4, 0.5) is 0 Å². The third-order valence-corrected chi connectivity index (χ3v) is 5.95. The summed E-state index contributed by atoms with van der Waals surface area (Å²) in [5.74, 6) is 3.30. The number of fused-ring (bicyclic) bond motifs is 1. The first-order valence-corrected chi connectivity index (χ1v) is 10.6. The lowest BCUT2D eigenvalue weighted by atomic mass is 9.95. The lowest BCUT2D eigenvalue weighted by molar-refractivity contribution is 0.262. The molecule has 1 fully saturated rings. The van der Waals surface area contributed by atoms with Gasteiger partial charge in [0.25, 0.3) is 5.19 Å². The van der Waals surface area contributed by atoms with Crippen molar-refractivity contribution in [2.75, 3.05) is 13.2 Å². The van der Waals surface area contributed by atoms with Crippen molar-refractivity contribution in [2.24, 2.45) is 17.6 Å². The topological polar surface area (TPSA) is 57.4 Å². The fourth-order valence-corrected chi connectivity index (χ4v) is 4.22. The highest BCUT2D eigenvalue weighted by Crippen LogP contribution is 2.37. The van der Waals surface area contributed by atoms with Gasteiger partial charge in [-0.1, -0.05) is 36.3 Å². The molecule has 2 aromatic carbocycles. The second-order valence-electron chi connectivity index (χ2n) is 7.28. The Hall–Kier alpha value is -2.11. The molecular formula is C22H26N2O2S. The molecule has 0 saturated heterocycles. The van der Waals surface area contributed by atoms with Crippen molar-refractivity contribution in [3.05, 3.63) is 48.5 Å². The molecule has 1 atom stereocenters. The van der Waals surface area contributed by atoms with Gasteiger partial charge in [-0.25, -0.2) is 4.98 Å². The maximum atomic E-state index is 5.93. The van der Waals surface area contributed by atoms with Crippen LogP contribution in [0.25, 0.3) is 10.2 Å². The molecule has 1 aliphatic rings. The Morgan fingerprint density at radius 2 is 1.81 bits per heavy atom. The minimum Gasteiger partial charge on any atom is -0.494 e. The van der Waals surface area contributed by atoms with E-state index in [-0.39, 0.29) is 0 Å². The van der Waals surface area contributed by atoms with E-state index >= 15 is 0 Å².